The summed E-state index contributed by atoms with van der Waals surface area (Å²) in [5, 5.41) is 3.12. The highest BCUT2D eigenvalue weighted by molar-refractivity contribution is 5.78. The van der Waals surface area contributed by atoms with Crippen molar-refractivity contribution in [1.29, 1.82) is 0 Å². The number of nitrogens with two attached hydrogens (primary N) is 1. The molecule has 1 heterocycles. The second-order valence-electron chi connectivity index (χ2n) is 6.12. The Morgan fingerprint density at radius 3 is 2.67 bits per heavy atom. The van der Waals surface area contributed by atoms with Gasteiger partial charge in [-0.25, -0.2) is 0 Å². The Kier molecular flexibility index (Phi) is 5.76. The predicted octanol–water partition coefficient (Wildman–Crippen LogP) is 1.67. The van der Waals surface area contributed by atoms with Gasteiger partial charge in [-0.1, -0.05) is 31.2 Å². The van der Waals surface area contributed by atoms with Crippen molar-refractivity contribution in [3.8, 4) is 0 Å². The molecule has 1 fully saturated rings. The van der Waals surface area contributed by atoms with Crippen LogP contribution in [-0.2, 0) is 11.3 Å². The number of piperidine rings is 1. The highest BCUT2D eigenvalue weighted by atomic mass is 16.1. The molecule has 3 N–H and O–H groups in total. The number of hydrogen-bond acceptors (Lipinski definition) is 3. The third kappa shape index (κ3) is 4.55. The Morgan fingerprint density at radius 2 is 2.05 bits per heavy atom. The van der Waals surface area contributed by atoms with Crippen LogP contribution in [-0.4, -0.2) is 36.5 Å². The van der Waals surface area contributed by atoms with Crippen LogP contribution in [0.25, 0.3) is 0 Å². The lowest BCUT2D eigenvalue weighted by Crippen LogP contribution is -2.46. The molecule has 2 rings (SSSR count). The van der Waals surface area contributed by atoms with Gasteiger partial charge >= 0.3 is 0 Å². The number of nitrogens with zero attached hydrogens (tertiary/aromatic N) is 1. The smallest absolute Gasteiger partial charge is 0.224 e. The molecule has 1 aliphatic heterocycles. The Balaban J connectivity index is 1.78. The van der Waals surface area contributed by atoms with Crippen molar-refractivity contribution in [1.82, 2.24) is 10.2 Å². The average molecular weight is 289 g/mol. The molecule has 1 atom stereocenters. The van der Waals surface area contributed by atoms with Crippen LogP contribution in [0.5, 0.6) is 0 Å². The molecule has 1 amide bonds. The van der Waals surface area contributed by atoms with Crippen molar-refractivity contribution in [2.45, 2.75) is 39.3 Å². The molecule has 0 radical (unpaired) electrons. The number of amides is 1. The van der Waals surface area contributed by atoms with Crippen LogP contribution in [0.1, 0.15) is 30.9 Å². The third-order valence-corrected chi connectivity index (χ3v) is 4.39. The number of nitrogens with one attached hydrogen (secondary N) is 1. The molecule has 1 saturated heterocycles. The van der Waals surface area contributed by atoms with Gasteiger partial charge in [-0.3, -0.25) is 9.69 Å². The molecular formula is C17H27N3O. The van der Waals surface area contributed by atoms with Gasteiger partial charge < -0.3 is 11.1 Å². The fourth-order valence-electron chi connectivity index (χ4n) is 2.71. The van der Waals surface area contributed by atoms with Gasteiger partial charge in [0.25, 0.3) is 0 Å². The molecule has 0 aliphatic carbocycles. The minimum absolute atomic E-state index is 0.0880. The first kappa shape index (κ1) is 16.0. The molecule has 4 heteroatoms. The lowest BCUT2D eigenvalue weighted by Gasteiger charge is -2.33. The maximum atomic E-state index is 11.9. The van der Waals surface area contributed by atoms with Gasteiger partial charge in [-0.05, 0) is 30.9 Å². The molecule has 0 bridgehead atoms. The molecule has 1 aromatic carbocycles. The molecule has 1 unspecified atom stereocenters. The van der Waals surface area contributed by atoms with E-state index in [9.17, 15) is 4.79 Å². The van der Waals surface area contributed by atoms with Gasteiger partial charge in [-0.2, -0.15) is 0 Å². The SMILES string of the molecule is Cc1ccccc1CN1CCC(NC(=O)C(C)CN)CC1. The summed E-state index contributed by atoms with van der Waals surface area (Å²) in [6.45, 7) is 7.54. The third-order valence-electron chi connectivity index (χ3n) is 4.39. The molecule has 21 heavy (non-hydrogen) atoms. The van der Waals surface area contributed by atoms with Crippen LogP contribution < -0.4 is 11.1 Å². The predicted molar refractivity (Wildman–Crippen MR) is 85.8 cm³/mol. The van der Waals surface area contributed by atoms with E-state index in [1.807, 2.05) is 6.92 Å². The minimum atomic E-state index is -0.0880. The number of carbonyl (C=O) groups is 1. The van der Waals surface area contributed by atoms with Crippen molar-refractivity contribution in [2.24, 2.45) is 11.7 Å². The van der Waals surface area contributed by atoms with E-state index in [1.165, 1.54) is 11.1 Å². The van der Waals surface area contributed by atoms with Crippen LogP contribution in [0.2, 0.25) is 0 Å². The van der Waals surface area contributed by atoms with E-state index in [0.717, 1.165) is 32.5 Å². The number of likely N-dealkylation sites (tertiary alicyclic amines) is 1. The molecule has 1 aliphatic rings. The van der Waals surface area contributed by atoms with E-state index >= 15 is 0 Å². The largest absolute Gasteiger partial charge is 0.353 e. The summed E-state index contributed by atoms with van der Waals surface area (Å²) in [4.78, 5) is 14.3. The van der Waals surface area contributed by atoms with Crippen molar-refractivity contribution in [3.05, 3.63) is 35.4 Å². The van der Waals surface area contributed by atoms with Crippen molar-refractivity contribution in [3.63, 3.8) is 0 Å². The van der Waals surface area contributed by atoms with E-state index in [4.69, 9.17) is 5.73 Å². The zero-order valence-electron chi connectivity index (χ0n) is 13.1. The number of carbonyl (C=O) groups excluding carboxylic acids is 1. The normalized spacial score (nSPS) is 18.4. The van der Waals surface area contributed by atoms with E-state index < -0.39 is 0 Å². The van der Waals surface area contributed by atoms with Gasteiger partial charge in [-0.15, -0.1) is 0 Å². The quantitative estimate of drug-likeness (QED) is 0.867. The Hall–Kier alpha value is -1.39. The maximum Gasteiger partial charge on any atom is 0.224 e. The van der Waals surface area contributed by atoms with E-state index in [2.05, 4.69) is 41.4 Å². The van der Waals surface area contributed by atoms with E-state index in [1.54, 1.807) is 0 Å². The average Bonchev–Trinajstić information content (AvgIpc) is 2.50. The minimum Gasteiger partial charge on any atom is -0.353 e. The summed E-state index contributed by atoms with van der Waals surface area (Å²) in [6.07, 6.45) is 2.05. The lowest BCUT2D eigenvalue weighted by molar-refractivity contribution is -0.125. The van der Waals surface area contributed by atoms with Gasteiger partial charge in [0.1, 0.15) is 0 Å². The summed E-state index contributed by atoms with van der Waals surface area (Å²) in [6, 6.07) is 8.85. The second kappa shape index (κ2) is 7.57. The van der Waals surface area contributed by atoms with Crippen molar-refractivity contribution < 1.29 is 4.79 Å². The zero-order chi connectivity index (χ0) is 15.2. The molecule has 0 saturated carbocycles. The number of rotatable bonds is 5. The summed E-state index contributed by atoms with van der Waals surface area (Å²) >= 11 is 0. The maximum absolute atomic E-state index is 11.9. The summed E-state index contributed by atoms with van der Waals surface area (Å²) in [5.74, 6) is 0.00449. The topological polar surface area (TPSA) is 58.4 Å². The fourth-order valence-corrected chi connectivity index (χ4v) is 2.71. The molecule has 4 nitrogen and oxygen atoms in total. The Bertz CT molecular complexity index is 467. The first-order chi connectivity index (χ1) is 10.1. The van der Waals surface area contributed by atoms with Gasteiger partial charge in [0.15, 0.2) is 0 Å². The molecule has 116 valence electrons. The molecule has 0 spiro atoms. The Labute approximate surface area is 127 Å². The first-order valence-electron chi connectivity index (χ1n) is 7.87. The summed E-state index contributed by atoms with van der Waals surface area (Å²) < 4.78 is 0. The fraction of sp³-hybridized carbons (Fsp3) is 0.588. The van der Waals surface area contributed by atoms with E-state index in [-0.39, 0.29) is 11.8 Å². The molecule has 0 aromatic heterocycles. The van der Waals surface area contributed by atoms with Crippen LogP contribution in [0, 0.1) is 12.8 Å². The van der Waals surface area contributed by atoms with Gasteiger partial charge in [0.05, 0.1) is 0 Å². The second-order valence-corrected chi connectivity index (χ2v) is 6.12. The molecule has 1 aromatic rings. The van der Waals surface area contributed by atoms with Crippen LogP contribution in [0.3, 0.4) is 0 Å². The zero-order valence-corrected chi connectivity index (χ0v) is 13.1. The van der Waals surface area contributed by atoms with Crippen LogP contribution in [0.4, 0.5) is 0 Å². The monoisotopic (exact) mass is 289 g/mol. The van der Waals surface area contributed by atoms with Gasteiger partial charge in [0, 0.05) is 38.1 Å². The number of aryl methyl sites for hydroxylation is 1. The summed E-state index contributed by atoms with van der Waals surface area (Å²) in [7, 11) is 0. The molecular weight excluding hydrogens is 262 g/mol. The summed E-state index contributed by atoms with van der Waals surface area (Å²) in [5.41, 5.74) is 8.28. The van der Waals surface area contributed by atoms with Crippen LogP contribution in [0.15, 0.2) is 24.3 Å². The highest BCUT2D eigenvalue weighted by Gasteiger charge is 2.22. The van der Waals surface area contributed by atoms with E-state index in [0.29, 0.717) is 12.6 Å². The first-order valence-corrected chi connectivity index (χ1v) is 7.87. The highest BCUT2D eigenvalue weighted by Crippen LogP contribution is 2.16. The van der Waals surface area contributed by atoms with Crippen molar-refractivity contribution >= 4 is 5.91 Å². The number of hydrogen-bond donors (Lipinski definition) is 2. The van der Waals surface area contributed by atoms with Gasteiger partial charge in [0.2, 0.25) is 5.91 Å². The lowest BCUT2D eigenvalue weighted by atomic mass is 10.0. The number of benzene rings is 1. The standard InChI is InChI=1S/C17H27N3O/c1-13-5-3-4-6-15(13)12-20-9-7-16(8-10-20)19-17(21)14(2)11-18/h3-6,14,16H,7-12,18H2,1-2H3,(H,19,21). The Morgan fingerprint density at radius 1 is 1.38 bits per heavy atom. The van der Waals surface area contributed by atoms with Crippen LogP contribution >= 0.6 is 0 Å². The van der Waals surface area contributed by atoms with Crippen molar-refractivity contribution in [2.75, 3.05) is 19.6 Å².